The first-order valence-electron chi connectivity index (χ1n) is 9.06. The lowest BCUT2D eigenvalue weighted by Gasteiger charge is -2.07. The van der Waals surface area contributed by atoms with Crippen molar-refractivity contribution >= 4 is 33.3 Å². The summed E-state index contributed by atoms with van der Waals surface area (Å²) in [5.41, 5.74) is 4.25. The van der Waals surface area contributed by atoms with Crippen LogP contribution in [0.25, 0.3) is 22.2 Å². The molecule has 0 spiro atoms. The molecule has 1 amide bonds. The minimum atomic E-state index is -0.220. The summed E-state index contributed by atoms with van der Waals surface area (Å²) in [7, 11) is 5.12. The third-order valence-corrected chi connectivity index (χ3v) is 5.61. The van der Waals surface area contributed by atoms with Gasteiger partial charge in [0.1, 0.15) is 17.2 Å². The van der Waals surface area contributed by atoms with E-state index in [1.807, 2.05) is 66.4 Å². The molecule has 6 nitrogen and oxygen atoms in total. The number of carbonyl (C=O) groups excluding carboxylic acids is 1. The number of benzene rings is 2. The molecular formula is C22H21N3O3S. The summed E-state index contributed by atoms with van der Waals surface area (Å²) in [6.07, 6.45) is 0. The van der Waals surface area contributed by atoms with Crippen LogP contribution in [0.15, 0.2) is 47.8 Å². The van der Waals surface area contributed by atoms with Gasteiger partial charge in [-0.2, -0.15) is 0 Å². The maximum atomic E-state index is 12.9. The van der Waals surface area contributed by atoms with E-state index in [4.69, 9.17) is 9.47 Å². The summed E-state index contributed by atoms with van der Waals surface area (Å²) >= 11 is 1.38. The van der Waals surface area contributed by atoms with E-state index in [2.05, 4.69) is 10.3 Å². The van der Waals surface area contributed by atoms with Crippen LogP contribution in [0.1, 0.15) is 16.1 Å². The molecule has 0 saturated carbocycles. The molecule has 0 atom stereocenters. The van der Waals surface area contributed by atoms with Crippen molar-refractivity contribution in [2.75, 3.05) is 19.5 Å². The van der Waals surface area contributed by atoms with Crippen LogP contribution < -0.4 is 14.8 Å². The van der Waals surface area contributed by atoms with E-state index in [9.17, 15) is 4.79 Å². The second-order valence-electron chi connectivity index (χ2n) is 6.68. The Hall–Kier alpha value is -3.32. The smallest absolute Gasteiger partial charge is 0.274 e. The van der Waals surface area contributed by atoms with E-state index in [0.29, 0.717) is 10.8 Å². The zero-order valence-corrected chi connectivity index (χ0v) is 17.5. The summed E-state index contributed by atoms with van der Waals surface area (Å²) < 4.78 is 12.7. The Balaban J connectivity index is 1.63. The molecule has 0 radical (unpaired) electrons. The van der Waals surface area contributed by atoms with Crippen LogP contribution in [0, 0.1) is 6.92 Å². The van der Waals surface area contributed by atoms with Gasteiger partial charge in [0.2, 0.25) is 0 Å². The number of carbonyl (C=O) groups is 1. The van der Waals surface area contributed by atoms with E-state index in [-0.39, 0.29) is 5.91 Å². The average Bonchev–Trinajstić information content (AvgIpc) is 3.32. The minimum absolute atomic E-state index is 0.220. The molecule has 2 aromatic heterocycles. The lowest BCUT2D eigenvalue weighted by molar-refractivity contribution is 0.101. The number of hydrogen-bond acceptors (Lipinski definition) is 5. The van der Waals surface area contributed by atoms with Crippen LogP contribution in [0.5, 0.6) is 11.5 Å². The van der Waals surface area contributed by atoms with Crippen molar-refractivity contribution in [1.29, 1.82) is 0 Å². The second-order valence-corrected chi connectivity index (χ2v) is 7.54. The average molecular weight is 407 g/mol. The van der Waals surface area contributed by atoms with E-state index in [1.54, 1.807) is 14.2 Å². The number of nitrogens with zero attached hydrogens (tertiary/aromatic N) is 2. The number of thiazole rings is 1. The number of anilines is 1. The molecule has 0 unspecified atom stereocenters. The first-order valence-corrected chi connectivity index (χ1v) is 9.94. The topological polar surface area (TPSA) is 65.4 Å². The van der Waals surface area contributed by atoms with Crippen molar-refractivity contribution in [3.05, 3.63) is 59.1 Å². The highest BCUT2D eigenvalue weighted by molar-refractivity contribution is 7.14. The van der Waals surface area contributed by atoms with Crippen molar-refractivity contribution in [2.45, 2.75) is 6.92 Å². The van der Waals surface area contributed by atoms with Crippen LogP contribution in [0.3, 0.4) is 0 Å². The number of rotatable bonds is 5. The molecule has 0 aliphatic heterocycles. The van der Waals surface area contributed by atoms with Gasteiger partial charge in [0.15, 0.2) is 5.13 Å². The van der Waals surface area contributed by atoms with Gasteiger partial charge in [0.05, 0.1) is 25.4 Å². The Morgan fingerprint density at radius 3 is 2.66 bits per heavy atom. The molecule has 4 aromatic rings. The quantitative estimate of drug-likeness (QED) is 0.512. The van der Waals surface area contributed by atoms with Crippen LogP contribution in [0.2, 0.25) is 0 Å². The number of amides is 1. The van der Waals surface area contributed by atoms with Crippen molar-refractivity contribution in [1.82, 2.24) is 9.55 Å². The fourth-order valence-electron chi connectivity index (χ4n) is 3.37. The molecule has 0 bridgehead atoms. The molecule has 0 fully saturated rings. The summed E-state index contributed by atoms with van der Waals surface area (Å²) in [6.45, 7) is 2.02. The summed E-state index contributed by atoms with van der Waals surface area (Å²) in [5.74, 6) is 1.27. The SMILES string of the molecule is COc1ccc(C)cc1-c1csc(NC(=O)c2cc3c(OC)cccc3n2C)n1. The molecule has 0 aliphatic rings. The zero-order chi connectivity index (χ0) is 20.5. The van der Waals surface area contributed by atoms with Gasteiger partial charge >= 0.3 is 0 Å². The summed E-state index contributed by atoms with van der Waals surface area (Å²) in [6, 6.07) is 13.5. The van der Waals surface area contributed by atoms with Crippen molar-refractivity contribution in [3.8, 4) is 22.8 Å². The molecule has 7 heteroatoms. The number of ether oxygens (including phenoxy) is 2. The van der Waals surface area contributed by atoms with Gasteiger partial charge in [-0.25, -0.2) is 4.98 Å². The molecule has 0 aliphatic carbocycles. The summed E-state index contributed by atoms with van der Waals surface area (Å²) in [5, 5.41) is 6.25. The molecule has 29 heavy (non-hydrogen) atoms. The monoisotopic (exact) mass is 407 g/mol. The maximum absolute atomic E-state index is 12.9. The Morgan fingerprint density at radius 2 is 1.90 bits per heavy atom. The van der Waals surface area contributed by atoms with E-state index in [0.717, 1.165) is 39.2 Å². The predicted molar refractivity (Wildman–Crippen MR) is 116 cm³/mol. The lowest BCUT2D eigenvalue weighted by atomic mass is 10.1. The lowest BCUT2D eigenvalue weighted by Crippen LogP contribution is -2.15. The van der Waals surface area contributed by atoms with E-state index < -0.39 is 0 Å². The van der Waals surface area contributed by atoms with Gasteiger partial charge in [0.25, 0.3) is 5.91 Å². The molecular weight excluding hydrogens is 386 g/mol. The largest absolute Gasteiger partial charge is 0.496 e. The summed E-state index contributed by atoms with van der Waals surface area (Å²) in [4.78, 5) is 17.5. The van der Waals surface area contributed by atoms with Crippen LogP contribution in [0.4, 0.5) is 5.13 Å². The number of hydrogen-bond donors (Lipinski definition) is 1. The molecule has 1 N–H and O–H groups in total. The van der Waals surface area contributed by atoms with Gasteiger partial charge in [0, 0.05) is 23.4 Å². The molecule has 2 heterocycles. The molecule has 2 aromatic carbocycles. The van der Waals surface area contributed by atoms with Crippen LogP contribution >= 0.6 is 11.3 Å². The standard InChI is InChI=1S/C22H21N3O3S/c1-13-8-9-20(28-4)14(10-13)16-12-29-22(23-16)24-21(26)18-11-15-17(25(18)2)6-5-7-19(15)27-3/h5-12H,1-4H3,(H,23,24,26). The number of nitrogens with one attached hydrogen (secondary N) is 1. The minimum Gasteiger partial charge on any atom is -0.496 e. The van der Waals surface area contributed by atoms with Crippen molar-refractivity contribution in [3.63, 3.8) is 0 Å². The first kappa shape index (κ1) is 19.0. The number of methoxy groups -OCH3 is 2. The Bertz CT molecular complexity index is 1210. The van der Waals surface area contributed by atoms with Gasteiger partial charge in [-0.15, -0.1) is 11.3 Å². The molecule has 4 rings (SSSR count). The van der Waals surface area contributed by atoms with Gasteiger partial charge in [-0.3, -0.25) is 10.1 Å². The fraction of sp³-hybridized carbons (Fsp3) is 0.182. The Morgan fingerprint density at radius 1 is 1.10 bits per heavy atom. The maximum Gasteiger partial charge on any atom is 0.274 e. The van der Waals surface area contributed by atoms with E-state index in [1.165, 1.54) is 11.3 Å². The van der Waals surface area contributed by atoms with Crippen LogP contribution in [-0.4, -0.2) is 29.7 Å². The normalized spacial score (nSPS) is 10.9. The van der Waals surface area contributed by atoms with E-state index >= 15 is 0 Å². The highest BCUT2D eigenvalue weighted by Gasteiger charge is 2.18. The predicted octanol–water partition coefficient (Wildman–Crippen LogP) is 4.88. The number of aryl methyl sites for hydroxylation is 2. The third kappa shape index (κ3) is 3.45. The molecule has 148 valence electrons. The van der Waals surface area contributed by atoms with Gasteiger partial charge in [-0.05, 0) is 37.3 Å². The number of aromatic nitrogens is 2. The Labute approximate surface area is 172 Å². The van der Waals surface area contributed by atoms with Crippen molar-refractivity contribution in [2.24, 2.45) is 7.05 Å². The van der Waals surface area contributed by atoms with Crippen LogP contribution in [-0.2, 0) is 7.05 Å². The highest BCUT2D eigenvalue weighted by Crippen LogP contribution is 2.33. The zero-order valence-electron chi connectivity index (χ0n) is 16.6. The highest BCUT2D eigenvalue weighted by atomic mass is 32.1. The second kappa shape index (κ2) is 7.60. The first-order chi connectivity index (χ1) is 14.0. The Kier molecular flexibility index (Phi) is 4.98. The van der Waals surface area contributed by atoms with Crippen molar-refractivity contribution < 1.29 is 14.3 Å². The van der Waals surface area contributed by atoms with Gasteiger partial charge in [-0.1, -0.05) is 17.7 Å². The number of fused-ring (bicyclic) bond motifs is 1. The van der Waals surface area contributed by atoms with Gasteiger partial charge < -0.3 is 14.0 Å². The fourth-order valence-corrected chi connectivity index (χ4v) is 4.07. The molecule has 0 saturated heterocycles. The third-order valence-electron chi connectivity index (χ3n) is 4.86.